The second-order valence-electron chi connectivity index (χ2n) is 7.99. The number of nitrogens with one attached hydrogen (secondary N) is 2. The van der Waals surface area contributed by atoms with E-state index in [0.717, 1.165) is 34.3 Å². The Kier molecular flexibility index (Phi) is 5.60. The van der Waals surface area contributed by atoms with Gasteiger partial charge in [0, 0.05) is 39.9 Å². The molecule has 1 atom stereocenters. The number of aromatic amines is 1. The summed E-state index contributed by atoms with van der Waals surface area (Å²) in [6.45, 7) is 0.568. The molecular weight excluding hydrogens is 438 g/mol. The summed E-state index contributed by atoms with van der Waals surface area (Å²) >= 11 is 6.29. The van der Waals surface area contributed by atoms with Crippen molar-refractivity contribution < 1.29 is 14.3 Å². The molecule has 0 spiro atoms. The third-order valence-corrected chi connectivity index (χ3v) is 6.34. The van der Waals surface area contributed by atoms with Crippen molar-refractivity contribution in [2.75, 3.05) is 26.1 Å². The van der Waals surface area contributed by atoms with Crippen molar-refractivity contribution in [2.24, 2.45) is 0 Å². The van der Waals surface area contributed by atoms with Gasteiger partial charge in [-0.25, -0.2) is 4.79 Å². The van der Waals surface area contributed by atoms with E-state index in [4.69, 9.17) is 21.1 Å². The van der Waals surface area contributed by atoms with E-state index >= 15 is 0 Å². The number of fused-ring (bicyclic) bond motifs is 3. The van der Waals surface area contributed by atoms with E-state index in [1.54, 1.807) is 20.3 Å². The number of nitrogens with zero attached hydrogens (tertiary/aromatic N) is 1. The van der Waals surface area contributed by atoms with Gasteiger partial charge in [-0.15, -0.1) is 0 Å². The zero-order valence-electron chi connectivity index (χ0n) is 18.4. The number of aromatic nitrogens is 1. The molecule has 1 aliphatic heterocycles. The first-order valence-corrected chi connectivity index (χ1v) is 11.1. The van der Waals surface area contributed by atoms with Crippen molar-refractivity contribution in [2.45, 2.75) is 12.5 Å². The molecule has 1 aliphatic rings. The molecule has 0 saturated carbocycles. The van der Waals surface area contributed by atoms with Crippen LogP contribution in [-0.4, -0.2) is 36.7 Å². The molecule has 0 saturated heterocycles. The summed E-state index contributed by atoms with van der Waals surface area (Å²) in [5.74, 6) is 1.46. The number of hydrogen-bond acceptors (Lipinski definition) is 3. The summed E-state index contributed by atoms with van der Waals surface area (Å²) < 4.78 is 10.6. The van der Waals surface area contributed by atoms with Gasteiger partial charge in [0.15, 0.2) is 0 Å². The van der Waals surface area contributed by atoms with Crippen LogP contribution in [-0.2, 0) is 6.42 Å². The SMILES string of the molecule is COc1ccc([C@H]2c3[nH]c4ccc(Cl)cc4c3CCN2C(=O)Nc2cccc(OC)c2)cc1. The fourth-order valence-corrected chi connectivity index (χ4v) is 4.68. The number of rotatable bonds is 4. The number of carbonyl (C=O) groups is 1. The summed E-state index contributed by atoms with van der Waals surface area (Å²) in [7, 11) is 3.25. The van der Waals surface area contributed by atoms with E-state index in [2.05, 4.69) is 10.3 Å². The Bertz CT molecular complexity index is 1320. The molecule has 33 heavy (non-hydrogen) atoms. The smallest absolute Gasteiger partial charge is 0.322 e. The van der Waals surface area contributed by atoms with E-state index in [0.29, 0.717) is 23.0 Å². The Morgan fingerprint density at radius 1 is 1.03 bits per heavy atom. The number of carbonyl (C=O) groups excluding carboxylic acids is 1. The maximum absolute atomic E-state index is 13.5. The van der Waals surface area contributed by atoms with Gasteiger partial charge in [-0.3, -0.25) is 0 Å². The number of urea groups is 1. The number of anilines is 1. The summed E-state index contributed by atoms with van der Waals surface area (Å²) in [6, 6.07) is 20.6. The second kappa shape index (κ2) is 8.71. The Balaban J connectivity index is 1.56. The van der Waals surface area contributed by atoms with Gasteiger partial charge in [0.25, 0.3) is 0 Å². The van der Waals surface area contributed by atoms with Gasteiger partial charge in [0.05, 0.1) is 20.3 Å². The van der Waals surface area contributed by atoms with Crippen molar-refractivity contribution in [3.8, 4) is 11.5 Å². The average molecular weight is 462 g/mol. The Morgan fingerprint density at radius 3 is 2.58 bits per heavy atom. The van der Waals surface area contributed by atoms with Gasteiger partial charge in [0.2, 0.25) is 0 Å². The number of H-pyrrole nitrogens is 1. The molecule has 0 bridgehead atoms. The molecule has 2 amide bonds. The molecule has 6 nitrogen and oxygen atoms in total. The average Bonchev–Trinajstić information content (AvgIpc) is 3.21. The van der Waals surface area contributed by atoms with E-state index in [1.807, 2.05) is 65.6 Å². The van der Waals surface area contributed by atoms with E-state index in [9.17, 15) is 4.79 Å². The van der Waals surface area contributed by atoms with Crippen LogP contribution in [0.2, 0.25) is 5.02 Å². The molecule has 4 aromatic rings. The molecule has 2 heterocycles. The molecule has 0 fully saturated rings. The lowest BCUT2D eigenvalue weighted by molar-refractivity contribution is 0.193. The fourth-order valence-electron chi connectivity index (χ4n) is 4.51. The highest BCUT2D eigenvalue weighted by atomic mass is 35.5. The van der Waals surface area contributed by atoms with Crippen molar-refractivity contribution >= 4 is 34.2 Å². The summed E-state index contributed by atoms with van der Waals surface area (Å²) in [6.07, 6.45) is 0.730. The van der Waals surface area contributed by atoms with Crippen LogP contribution in [0, 0.1) is 0 Å². The Morgan fingerprint density at radius 2 is 1.82 bits per heavy atom. The third kappa shape index (κ3) is 3.98. The first-order valence-electron chi connectivity index (χ1n) is 10.7. The van der Waals surface area contributed by atoms with Crippen LogP contribution in [0.1, 0.15) is 22.9 Å². The highest BCUT2D eigenvalue weighted by molar-refractivity contribution is 6.31. The van der Waals surface area contributed by atoms with Crippen molar-refractivity contribution in [3.05, 3.63) is 88.6 Å². The highest BCUT2D eigenvalue weighted by Crippen LogP contribution is 2.39. The van der Waals surface area contributed by atoms with Crippen LogP contribution >= 0.6 is 11.6 Å². The molecule has 7 heteroatoms. The van der Waals surface area contributed by atoms with Gasteiger partial charge >= 0.3 is 6.03 Å². The van der Waals surface area contributed by atoms with E-state index < -0.39 is 0 Å². The maximum Gasteiger partial charge on any atom is 0.322 e. The first-order chi connectivity index (χ1) is 16.1. The molecule has 5 rings (SSSR count). The molecule has 2 N–H and O–H groups in total. The van der Waals surface area contributed by atoms with Gasteiger partial charge in [-0.2, -0.15) is 0 Å². The van der Waals surface area contributed by atoms with Crippen molar-refractivity contribution in [3.63, 3.8) is 0 Å². The number of methoxy groups -OCH3 is 2. The largest absolute Gasteiger partial charge is 0.497 e. The molecule has 168 valence electrons. The molecule has 0 unspecified atom stereocenters. The molecule has 0 radical (unpaired) electrons. The minimum atomic E-state index is -0.281. The van der Waals surface area contributed by atoms with Crippen LogP contribution in [0.4, 0.5) is 10.5 Å². The molecule has 0 aliphatic carbocycles. The van der Waals surface area contributed by atoms with Gasteiger partial charge in [0.1, 0.15) is 11.5 Å². The topological polar surface area (TPSA) is 66.6 Å². The summed E-state index contributed by atoms with van der Waals surface area (Å²) in [5, 5.41) is 4.83. The fraction of sp³-hybridized carbons (Fsp3) is 0.192. The van der Waals surface area contributed by atoms with Crippen molar-refractivity contribution in [1.29, 1.82) is 0 Å². The predicted octanol–water partition coefficient (Wildman–Crippen LogP) is 6.02. The maximum atomic E-state index is 13.5. The quantitative estimate of drug-likeness (QED) is 0.390. The second-order valence-corrected chi connectivity index (χ2v) is 8.42. The Hall–Kier alpha value is -3.64. The predicted molar refractivity (Wildman–Crippen MR) is 131 cm³/mol. The zero-order chi connectivity index (χ0) is 22.9. The van der Waals surface area contributed by atoms with E-state index in [-0.39, 0.29) is 12.1 Å². The van der Waals surface area contributed by atoms with Gasteiger partial charge in [-0.1, -0.05) is 29.8 Å². The Labute approximate surface area is 197 Å². The lowest BCUT2D eigenvalue weighted by Gasteiger charge is -2.36. The first kappa shape index (κ1) is 21.2. The standard InChI is InChI=1S/C26H24ClN3O3/c1-32-19-9-6-16(7-10-19)25-24-21(22-14-17(27)8-11-23(22)29-24)12-13-30(25)26(31)28-18-4-3-5-20(15-18)33-2/h3-11,14-15,25,29H,12-13H2,1-2H3,(H,28,31)/t25-/m0/s1. The summed E-state index contributed by atoms with van der Waals surface area (Å²) in [5.41, 5.74) is 4.89. The summed E-state index contributed by atoms with van der Waals surface area (Å²) in [4.78, 5) is 18.9. The van der Waals surface area contributed by atoms with Crippen LogP contribution in [0.5, 0.6) is 11.5 Å². The molecule has 1 aromatic heterocycles. The number of halogens is 1. The molecular formula is C26H24ClN3O3. The van der Waals surface area contributed by atoms with Gasteiger partial charge < -0.3 is 24.7 Å². The number of hydrogen-bond donors (Lipinski definition) is 2. The normalized spacial score (nSPS) is 15.2. The monoisotopic (exact) mass is 461 g/mol. The van der Waals surface area contributed by atoms with Crippen molar-refractivity contribution in [1.82, 2.24) is 9.88 Å². The third-order valence-electron chi connectivity index (χ3n) is 6.10. The number of ether oxygens (including phenoxy) is 2. The van der Waals surface area contributed by atoms with Gasteiger partial charge in [-0.05, 0) is 60.0 Å². The highest BCUT2D eigenvalue weighted by Gasteiger charge is 2.34. The van der Waals surface area contributed by atoms with Crippen LogP contribution < -0.4 is 14.8 Å². The van der Waals surface area contributed by atoms with Crippen LogP contribution in [0.3, 0.4) is 0 Å². The zero-order valence-corrected chi connectivity index (χ0v) is 19.1. The minimum absolute atomic E-state index is 0.175. The number of amides is 2. The van der Waals surface area contributed by atoms with Crippen LogP contribution in [0.25, 0.3) is 10.9 Å². The van der Waals surface area contributed by atoms with E-state index in [1.165, 1.54) is 5.56 Å². The van der Waals surface area contributed by atoms with Crippen LogP contribution in [0.15, 0.2) is 66.7 Å². The number of benzene rings is 3. The lowest BCUT2D eigenvalue weighted by atomic mass is 9.92. The minimum Gasteiger partial charge on any atom is -0.497 e. The molecule has 3 aromatic carbocycles. The lowest BCUT2D eigenvalue weighted by Crippen LogP contribution is -2.43.